The van der Waals surface area contributed by atoms with Crippen LogP contribution in [0.1, 0.15) is 165 Å². The third kappa shape index (κ3) is 42.9. The molecule has 0 saturated carbocycles. The predicted molar refractivity (Wildman–Crippen MR) is 198 cm³/mol. The van der Waals surface area contributed by atoms with E-state index in [-0.39, 0.29) is 38.9 Å². The number of nitrogens with one attached hydrogen (secondary N) is 3. The SMILES string of the molecule is C.CCCCOC(=O)CCCCCNC(=O)CCCCCNC(=O)OCCCC.CCCCOC(=O)CCCCCNC(=O)OCCCC.[HH]. The first-order valence-corrected chi connectivity index (χ1v) is 18.7. The lowest BCUT2D eigenvalue weighted by molar-refractivity contribution is -0.144. The molecule has 3 N–H and O–H groups in total. The number of ether oxygens (including phenoxy) is 4. The van der Waals surface area contributed by atoms with Crippen LogP contribution >= 0.6 is 0 Å². The predicted octanol–water partition coefficient (Wildman–Crippen LogP) is 8.39. The Kier molecular flexibility index (Phi) is 42.2. The fourth-order valence-electron chi connectivity index (χ4n) is 3.95. The number of hydrogen-bond acceptors (Lipinski definition) is 9. The summed E-state index contributed by atoms with van der Waals surface area (Å²) in [5.41, 5.74) is 0. The highest BCUT2D eigenvalue weighted by molar-refractivity contribution is 5.75. The maximum absolute atomic E-state index is 11.7. The molecular formula is C37H75N3O9. The Balaban J connectivity index is -0.000000428. The molecule has 0 fully saturated rings. The number of hydrogen-bond donors (Lipinski definition) is 3. The molecule has 0 saturated heterocycles. The molecule has 0 aliphatic carbocycles. The van der Waals surface area contributed by atoms with E-state index in [1.165, 1.54) is 0 Å². The molecule has 0 aliphatic heterocycles. The standard InChI is InChI=1S/C21H40N2O5.C15H29NO4.CH4.H2/c1-3-5-17-27-20(25)14-10-8-11-15-22-19(24)13-9-7-12-16-23-21(26)28-18-6-4-2;1-3-5-12-19-14(17)10-8-7-9-11-16-15(18)20-13-6-4-2;;/h3-18H2,1-2H3,(H,22,24)(H,23,26);3-13H2,1-2H3,(H,16,18);1H4;1H. The molecule has 3 amide bonds. The second-order valence-electron chi connectivity index (χ2n) is 11.8. The number of alkyl carbamates (subject to hydrolysis) is 2. The van der Waals surface area contributed by atoms with Gasteiger partial charge in [0.25, 0.3) is 0 Å². The quantitative estimate of drug-likeness (QED) is 0.0379. The minimum absolute atomic E-state index is 0. The first-order chi connectivity index (χ1) is 23.3. The number of unbranched alkanes of at least 4 members (excludes halogenated alkanes) is 10. The second kappa shape index (κ2) is 41.1. The summed E-state index contributed by atoms with van der Waals surface area (Å²) < 4.78 is 20.1. The summed E-state index contributed by atoms with van der Waals surface area (Å²) in [5.74, 6) is -0.183. The van der Waals surface area contributed by atoms with Gasteiger partial charge in [-0.1, -0.05) is 80.1 Å². The van der Waals surface area contributed by atoms with Crippen LogP contribution in [-0.2, 0) is 33.3 Å². The molecule has 0 aromatic rings. The number of esters is 2. The normalized spacial score (nSPS) is 10.0. The minimum atomic E-state index is -0.361. The summed E-state index contributed by atoms with van der Waals surface area (Å²) >= 11 is 0. The van der Waals surface area contributed by atoms with Crippen molar-refractivity contribution in [3.05, 3.63) is 0 Å². The van der Waals surface area contributed by atoms with Crippen molar-refractivity contribution >= 4 is 30.0 Å². The molecule has 0 rings (SSSR count). The number of carbonyl (C=O) groups excluding carboxylic acids is 5. The molecule has 0 aliphatic rings. The Morgan fingerprint density at radius 3 is 1.10 bits per heavy atom. The van der Waals surface area contributed by atoms with Crippen molar-refractivity contribution in [2.45, 2.75) is 164 Å². The topological polar surface area (TPSA) is 158 Å². The summed E-state index contributed by atoms with van der Waals surface area (Å²) in [6.45, 7) is 12.0. The zero-order valence-corrected chi connectivity index (χ0v) is 30.8. The monoisotopic (exact) mass is 706 g/mol. The fraction of sp³-hybridized carbons (Fsp3) is 0.865. The van der Waals surface area contributed by atoms with Crippen LogP contribution in [0.4, 0.5) is 9.59 Å². The Hall–Kier alpha value is -3.05. The zero-order valence-electron chi connectivity index (χ0n) is 30.8. The van der Waals surface area contributed by atoms with Crippen molar-refractivity contribution < 1.29 is 44.3 Å². The van der Waals surface area contributed by atoms with E-state index in [9.17, 15) is 24.0 Å². The van der Waals surface area contributed by atoms with E-state index in [1.54, 1.807) is 0 Å². The van der Waals surface area contributed by atoms with Gasteiger partial charge in [0.15, 0.2) is 0 Å². The van der Waals surface area contributed by atoms with Crippen LogP contribution in [-0.4, -0.2) is 76.1 Å². The maximum Gasteiger partial charge on any atom is 0.407 e. The van der Waals surface area contributed by atoms with E-state index >= 15 is 0 Å². The Bertz CT molecular complexity index is 742. The maximum atomic E-state index is 11.7. The first kappa shape index (κ1) is 50.3. The third-order valence-electron chi connectivity index (χ3n) is 7.04. The van der Waals surface area contributed by atoms with Gasteiger partial charge in [-0.3, -0.25) is 14.4 Å². The van der Waals surface area contributed by atoms with E-state index in [4.69, 9.17) is 18.9 Å². The van der Waals surface area contributed by atoms with Crippen LogP contribution < -0.4 is 16.0 Å². The molecule has 0 atom stereocenters. The smallest absolute Gasteiger partial charge is 0.407 e. The van der Waals surface area contributed by atoms with E-state index in [2.05, 4.69) is 36.7 Å². The first-order valence-electron chi connectivity index (χ1n) is 18.7. The summed E-state index contributed by atoms with van der Waals surface area (Å²) in [6.07, 6.45) is 16.1. The Morgan fingerprint density at radius 1 is 0.408 bits per heavy atom. The van der Waals surface area contributed by atoms with Crippen LogP contribution in [0, 0.1) is 0 Å². The van der Waals surface area contributed by atoms with E-state index in [0.717, 1.165) is 109 Å². The average molecular weight is 706 g/mol. The molecule has 0 spiro atoms. The van der Waals surface area contributed by atoms with Gasteiger partial charge in [0.1, 0.15) is 0 Å². The van der Waals surface area contributed by atoms with Crippen LogP contribution in [0.2, 0.25) is 0 Å². The van der Waals surface area contributed by atoms with Gasteiger partial charge in [0, 0.05) is 40.3 Å². The number of carbonyl (C=O) groups is 5. The Labute approximate surface area is 299 Å². The lowest BCUT2D eigenvalue weighted by Crippen LogP contribution is -2.26. The lowest BCUT2D eigenvalue weighted by atomic mass is 10.1. The molecule has 12 heteroatoms. The van der Waals surface area contributed by atoms with Crippen LogP contribution in [0.5, 0.6) is 0 Å². The van der Waals surface area contributed by atoms with Crippen LogP contribution in [0.25, 0.3) is 0 Å². The summed E-state index contributed by atoms with van der Waals surface area (Å²) in [5, 5.41) is 8.31. The van der Waals surface area contributed by atoms with Crippen LogP contribution in [0.3, 0.4) is 0 Å². The van der Waals surface area contributed by atoms with Crippen molar-refractivity contribution in [1.29, 1.82) is 0 Å². The summed E-state index contributed by atoms with van der Waals surface area (Å²) in [6, 6.07) is 0. The van der Waals surface area contributed by atoms with Crippen molar-refractivity contribution in [3.63, 3.8) is 0 Å². The summed E-state index contributed by atoms with van der Waals surface area (Å²) in [7, 11) is 0. The summed E-state index contributed by atoms with van der Waals surface area (Å²) in [4.78, 5) is 57.0. The van der Waals surface area contributed by atoms with Gasteiger partial charge < -0.3 is 34.9 Å². The molecule has 0 radical (unpaired) electrons. The van der Waals surface area contributed by atoms with Crippen LogP contribution in [0.15, 0.2) is 0 Å². The van der Waals surface area contributed by atoms with Crippen molar-refractivity contribution in [1.82, 2.24) is 16.0 Å². The highest BCUT2D eigenvalue weighted by Crippen LogP contribution is 2.04. The van der Waals surface area contributed by atoms with E-state index in [1.807, 2.05) is 6.92 Å². The third-order valence-corrected chi connectivity index (χ3v) is 7.04. The minimum Gasteiger partial charge on any atom is -0.466 e. The van der Waals surface area contributed by atoms with E-state index < -0.39 is 0 Å². The van der Waals surface area contributed by atoms with Gasteiger partial charge in [0.05, 0.1) is 26.4 Å². The van der Waals surface area contributed by atoms with Crippen molar-refractivity contribution in [3.8, 4) is 0 Å². The molecular weight excluding hydrogens is 630 g/mol. The lowest BCUT2D eigenvalue weighted by Gasteiger charge is -2.07. The average Bonchev–Trinajstić information content (AvgIpc) is 3.06. The molecule has 49 heavy (non-hydrogen) atoms. The van der Waals surface area contributed by atoms with Gasteiger partial charge >= 0.3 is 24.1 Å². The largest absolute Gasteiger partial charge is 0.466 e. The number of amides is 3. The van der Waals surface area contributed by atoms with Gasteiger partial charge in [-0.15, -0.1) is 0 Å². The van der Waals surface area contributed by atoms with Crippen molar-refractivity contribution in [2.75, 3.05) is 46.1 Å². The van der Waals surface area contributed by atoms with Gasteiger partial charge in [-0.25, -0.2) is 9.59 Å². The second-order valence-corrected chi connectivity index (χ2v) is 11.8. The molecule has 0 aromatic carbocycles. The zero-order chi connectivity index (χ0) is 35.9. The molecule has 12 nitrogen and oxygen atoms in total. The molecule has 292 valence electrons. The van der Waals surface area contributed by atoms with E-state index in [0.29, 0.717) is 65.3 Å². The van der Waals surface area contributed by atoms with Gasteiger partial charge in [0.2, 0.25) is 5.91 Å². The molecule has 0 unspecified atom stereocenters. The van der Waals surface area contributed by atoms with Crippen molar-refractivity contribution in [2.24, 2.45) is 0 Å². The highest BCUT2D eigenvalue weighted by Gasteiger charge is 2.05. The molecule has 0 bridgehead atoms. The number of rotatable bonds is 30. The van der Waals surface area contributed by atoms with Gasteiger partial charge in [-0.05, 0) is 64.2 Å². The fourth-order valence-corrected chi connectivity index (χ4v) is 3.95. The molecule has 0 aromatic heterocycles. The van der Waals surface area contributed by atoms with Gasteiger partial charge in [-0.2, -0.15) is 0 Å². The molecule has 0 heterocycles. The highest BCUT2D eigenvalue weighted by atomic mass is 16.6. The Morgan fingerprint density at radius 2 is 0.735 bits per heavy atom.